The lowest BCUT2D eigenvalue weighted by atomic mass is 9.94. The molecule has 3 aromatic carbocycles. The normalized spacial score (nSPS) is 10.5. The van der Waals surface area contributed by atoms with Crippen molar-refractivity contribution in [3.63, 3.8) is 0 Å². The van der Waals surface area contributed by atoms with Gasteiger partial charge in [-0.15, -0.1) is 0 Å². The largest absolute Gasteiger partial charge is 0.468 e. The van der Waals surface area contributed by atoms with Crippen molar-refractivity contribution >= 4 is 38.6 Å². The van der Waals surface area contributed by atoms with E-state index in [4.69, 9.17) is 0 Å². The summed E-state index contributed by atoms with van der Waals surface area (Å²) in [5.41, 5.74) is 2.26. The van der Waals surface area contributed by atoms with Crippen LogP contribution in [0.3, 0.4) is 0 Å². The zero-order valence-corrected chi connectivity index (χ0v) is 15.2. The van der Waals surface area contributed by atoms with E-state index in [1.807, 2.05) is 54.6 Å². The lowest BCUT2D eigenvalue weighted by Crippen LogP contribution is -2.30. The molecule has 0 atom stereocenters. The van der Waals surface area contributed by atoms with Crippen molar-refractivity contribution in [1.82, 2.24) is 5.32 Å². The van der Waals surface area contributed by atoms with Gasteiger partial charge in [-0.3, -0.25) is 9.59 Å². The molecule has 0 aliphatic carbocycles. The molecule has 4 nitrogen and oxygen atoms in total. The first-order valence-corrected chi connectivity index (χ1v) is 8.52. The molecule has 126 valence electrons. The fourth-order valence-electron chi connectivity index (χ4n) is 2.72. The van der Waals surface area contributed by atoms with Crippen molar-refractivity contribution in [1.29, 1.82) is 0 Å². The molecule has 0 spiro atoms. The van der Waals surface area contributed by atoms with E-state index in [9.17, 15) is 9.59 Å². The number of rotatable bonds is 4. The van der Waals surface area contributed by atoms with Gasteiger partial charge in [-0.05, 0) is 40.1 Å². The SMILES string of the molecule is COC(=O)CNC(=O)c1ccc(Br)cc1-c1cccc2ccccc12. The number of amides is 1. The third kappa shape index (κ3) is 3.72. The number of esters is 1. The van der Waals surface area contributed by atoms with Crippen LogP contribution in [0.1, 0.15) is 10.4 Å². The highest BCUT2D eigenvalue weighted by Gasteiger charge is 2.16. The van der Waals surface area contributed by atoms with E-state index in [1.165, 1.54) is 7.11 Å². The fraction of sp³-hybridized carbons (Fsp3) is 0.100. The van der Waals surface area contributed by atoms with Gasteiger partial charge in [0, 0.05) is 10.0 Å². The Morgan fingerprint density at radius 3 is 2.56 bits per heavy atom. The molecule has 0 aromatic heterocycles. The maximum Gasteiger partial charge on any atom is 0.325 e. The number of nitrogens with one attached hydrogen (secondary N) is 1. The lowest BCUT2D eigenvalue weighted by Gasteiger charge is -2.13. The van der Waals surface area contributed by atoms with Gasteiger partial charge in [0.1, 0.15) is 6.54 Å². The van der Waals surface area contributed by atoms with Crippen LogP contribution in [0.15, 0.2) is 65.1 Å². The molecule has 0 aliphatic rings. The minimum absolute atomic E-state index is 0.166. The fourth-order valence-corrected chi connectivity index (χ4v) is 3.08. The zero-order chi connectivity index (χ0) is 17.8. The van der Waals surface area contributed by atoms with E-state index >= 15 is 0 Å². The monoisotopic (exact) mass is 397 g/mol. The van der Waals surface area contributed by atoms with Crippen molar-refractivity contribution < 1.29 is 14.3 Å². The number of carbonyl (C=O) groups is 2. The Morgan fingerprint density at radius 2 is 1.76 bits per heavy atom. The molecule has 0 saturated heterocycles. The number of hydrogen-bond acceptors (Lipinski definition) is 3. The molecule has 3 aromatic rings. The Bertz CT molecular complexity index is 947. The lowest BCUT2D eigenvalue weighted by molar-refractivity contribution is -0.139. The molecule has 5 heteroatoms. The number of halogens is 1. The number of ether oxygens (including phenoxy) is 1. The third-order valence-corrected chi connectivity index (χ3v) is 4.42. The average molecular weight is 398 g/mol. The maximum atomic E-state index is 12.6. The summed E-state index contributed by atoms with van der Waals surface area (Å²) in [4.78, 5) is 23.9. The summed E-state index contributed by atoms with van der Waals surface area (Å²) in [5.74, 6) is -0.807. The number of fused-ring (bicyclic) bond motifs is 1. The van der Waals surface area contributed by atoms with Crippen molar-refractivity contribution in [2.75, 3.05) is 13.7 Å². The number of methoxy groups -OCH3 is 1. The van der Waals surface area contributed by atoms with Crippen LogP contribution in [0.4, 0.5) is 0 Å². The van der Waals surface area contributed by atoms with Gasteiger partial charge in [0.15, 0.2) is 0 Å². The molecule has 0 unspecified atom stereocenters. The Kier molecular flexibility index (Phi) is 5.14. The van der Waals surface area contributed by atoms with E-state index in [-0.39, 0.29) is 12.5 Å². The molecule has 0 bridgehead atoms. The zero-order valence-electron chi connectivity index (χ0n) is 13.6. The second kappa shape index (κ2) is 7.49. The third-order valence-electron chi connectivity index (χ3n) is 3.93. The van der Waals surface area contributed by atoms with Gasteiger partial charge in [0.05, 0.1) is 7.11 Å². The van der Waals surface area contributed by atoms with E-state index in [2.05, 4.69) is 26.0 Å². The van der Waals surface area contributed by atoms with Gasteiger partial charge >= 0.3 is 5.97 Å². The smallest absolute Gasteiger partial charge is 0.325 e. The van der Waals surface area contributed by atoms with Gasteiger partial charge in [-0.25, -0.2) is 0 Å². The van der Waals surface area contributed by atoms with Crippen LogP contribution in [0.2, 0.25) is 0 Å². The highest BCUT2D eigenvalue weighted by Crippen LogP contribution is 2.33. The van der Waals surface area contributed by atoms with Crippen molar-refractivity contribution in [3.05, 3.63) is 70.7 Å². The van der Waals surface area contributed by atoms with Crippen LogP contribution in [0, 0.1) is 0 Å². The van der Waals surface area contributed by atoms with Crippen LogP contribution < -0.4 is 5.32 Å². The topological polar surface area (TPSA) is 55.4 Å². The van der Waals surface area contributed by atoms with Gasteiger partial charge < -0.3 is 10.1 Å². The first kappa shape index (κ1) is 17.2. The molecule has 0 radical (unpaired) electrons. The van der Waals surface area contributed by atoms with Gasteiger partial charge in [-0.2, -0.15) is 0 Å². The quantitative estimate of drug-likeness (QED) is 0.672. The number of carbonyl (C=O) groups excluding carboxylic acids is 2. The summed E-state index contributed by atoms with van der Waals surface area (Å²) in [6, 6.07) is 19.5. The molecule has 25 heavy (non-hydrogen) atoms. The minimum atomic E-state index is -0.489. The first-order chi connectivity index (χ1) is 12.1. The predicted octanol–water partition coefficient (Wildman–Crippen LogP) is 4.17. The molecule has 0 aliphatic heterocycles. The van der Waals surface area contributed by atoms with Gasteiger partial charge in [0.2, 0.25) is 0 Å². The standard InChI is InChI=1S/C20H16BrNO3/c1-25-19(23)12-22-20(24)17-10-9-14(21)11-18(17)16-8-4-6-13-5-2-3-7-15(13)16/h2-11H,12H2,1H3,(H,22,24). The van der Waals surface area contributed by atoms with E-state index in [0.717, 1.165) is 26.4 Å². The Hall–Kier alpha value is -2.66. The summed E-state index contributed by atoms with van der Waals surface area (Å²) >= 11 is 3.47. The highest BCUT2D eigenvalue weighted by molar-refractivity contribution is 9.10. The summed E-state index contributed by atoms with van der Waals surface area (Å²) in [5, 5.41) is 4.76. The number of benzene rings is 3. The minimum Gasteiger partial charge on any atom is -0.468 e. The molecule has 0 heterocycles. The van der Waals surface area contributed by atoms with Crippen LogP contribution in [-0.2, 0) is 9.53 Å². The van der Waals surface area contributed by atoms with Crippen LogP contribution in [0.5, 0.6) is 0 Å². The molecule has 3 rings (SSSR count). The number of hydrogen-bond donors (Lipinski definition) is 1. The van der Waals surface area contributed by atoms with Crippen LogP contribution >= 0.6 is 15.9 Å². The first-order valence-electron chi connectivity index (χ1n) is 7.73. The molecule has 0 fully saturated rings. The van der Waals surface area contributed by atoms with Crippen LogP contribution in [-0.4, -0.2) is 25.5 Å². The maximum absolute atomic E-state index is 12.6. The van der Waals surface area contributed by atoms with Crippen molar-refractivity contribution in [2.24, 2.45) is 0 Å². The van der Waals surface area contributed by atoms with E-state index in [0.29, 0.717) is 5.56 Å². The molecule has 1 amide bonds. The molecule has 0 saturated carbocycles. The summed E-state index contributed by atoms with van der Waals surface area (Å²) in [6.45, 7) is -0.166. The molecular weight excluding hydrogens is 382 g/mol. The summed E-state index contributed by atoms with van der Waals surface area (Å²) < 4.78 is 5.44. The summed E-state index contributed by atoms with van der Waals surface area (Å²) in [7, 11) is 1.29. The molecule has 1 N–H and O–H groups in total. The van der Waals surface area contributed by atoms with Gasteiger partial charge in [-0.1, -0.05) is 58.4 Å². The van der Waals surface area contributed by atoms with E-state index < -0.39 is 5.97 Å². The van der Waals surface area contributed by atoms with Gasteiger partial charge in [0.25, 0.3) is 5.91 Å². The predicted molar refractivity (Wildman–Crippen MR) is 101 cm³/mol. The highest BCUT2D eigenvalue weighted by atomic mass is 79.9. The second-order valence-corrected chi connectivity index (χ2v) is 6.39. The Morgan fingerprint density at radius 1 is 1.00 bits per heavy atom. The Labute approximate surface area is 153 Å². The van der Waals surface area contributed by atoms with Crippen molar-refractivity contribution in [3.8, 4) is 11.1 Å². The van der Waals surface area contributed by atoms with Crippen LogP contribution in [0.25, 0.3) is 21.9 Å². The average Bonchev–Trinajstić information content (AvgIpc) is 2.65. The van der Waals surface area contributed by atoms with E-state index in [1.54, 1.807) is 6.07 Å². The summed E-state index contributed by atoms with van der Waals surface area (Å²) in [6.07, 6.45) is 0. The second-order valence-electron chi connectivity index (χ2n) is 5.48. The Balaban J connectivity index is 2.08. The van der Waals surface area contributed by atoms with Crippen molar-refractivity contribution in [2.45, 2.75) is 0 Å². The molecular formula is C20H16BrNO3.